The van der Waals surface area contributed by atoms with Gasteiger partial charge in [0.15, 0.2) is 0 Å². The second-order valence-corrected chi connectivity index (χ2v) is 15.8. The van der Waals surface area contributed by atoms with Gasteiger partial charge in [0.25, 0.3) is 0 Å². The second kappa shape index (κ2) is 14.1. The molecule has 0 fully saturated rings. The SMILES string of the molecule is CCC(C)(C)Oc1ccc(C(C)(C)c2ccc3c(c2)C(=O)OC(C)(C)C(C)(C)C(=O)Oc2ccc(cc2)-c2ccc(c(C(=O)OC(C)C)c2)O3)cc1. The van der Waals surface area contributed by atoms with Crippen LogP contribution in [0.2, 0.25) is 0 Å². The van der Waals surface area contributed by atoms with E-state index in [1.165, 1.54) is 0 Å². The quantitative estimate of drug-likeness (QED) is 0.138. The number of carbonyl (C=O) groups is 3. The lowest BCUT2D eigenvalue weighted by molar-refractivity contribution is -0.158. The molecule has 8 heteroatoms. The third kappa shape index (κ3) is 7.86. The van der Waals surface area contributed by atoms with Gasteiger partial charge >= 0.3 is 17.9 Å². The topological polar surface area (TPSA) is 97.4 Å². The predicted molar refractivity (Wildman–Crippen MR) is 201 cm³/mol. The molecule has 0 N–H and O–H groups in total. The van der Waals surface area contributed by atoms with Crippen LogP contribution in [0, 0.1) is 5.41 Å². The first-order valence-electron chi connectivity index (χ1n) is 17.8. The van der Waals surface area contributed by atoms with Crippen LogP contribution >= 0.6 is 0 Å². The lowest BCUT2D eigenvalue weighted by Crippen LogP contribution is -2.50. The molecule has 52 heavy (non-hydrogen) atoms. The van der Waals surface area contributed by atoms with Gasteiger partial charge in [0.05, 0.1) is 6.10 Å². The number of hydrogen-bond donors (Lipinski definition) is 0. The van der Waals surface area contributed by atoms with E-state index < -0.39 is 34.3 Å². The molecule has 0 atom stereocenters. The largest absolute Gasteiger partial charge is 0.488 e. The monoisotopic (exact) mass is 706 g/mol. The van der Waals surface area contributed by atoms with Crippen LogP contribution in [0.5, 0.6) is 23.0 Å². The number of ether oxygens (including phenoxy) is 5. The highest BCUT2D eigenvalue weighted by molar-refractivity contribution is 5.96. The maximum absolute atomic E-state index is 14.3. The maximum Gasteiger partial charge on any atom is 0.342 e. The van der Waals surface area contributed by atoms with Crippen LogP contribution in [-0.2, 0) is 19.7 Å². The molecule has 3 aliphatic heterocycles. The fourth-order valence-electron chi connectivity index (χ4n) is 5.63. The van der Waals surface area contributed by atoms with E-state index in [0.29, 0.717) is 5.75 Å². The zero-order valence-electron chi connectivity index (χ0n) is 32.1. The van der Waals surface area contributed by atoms with Crippen molar-refractivity contribution in [2.45, 2.75) is 105 Å². The van der Waals surface area contributed by atoms with Gasteiger partial charge in [0.2, 0.25) is 0 Å². The summed E-state index contributed by atoms with van der Waals surface area (Å²) in [5, 5.41) is 0. The summed E-state index contributed by atoms with van der Waals surface area (Å²) in [5.74, 6) is -0.363. The molecule has 8 nitrogen and oxygen atoms in total. The predicted octanol–water partition coefficient (Wildman–Crippen LogP) is 10.5. The molecule has 3 heterocycles. The average molecular weight is 707 g/mol. The molecular weight excluding hydrogens is 656 g/mol. The number of esters is 3. The Morgan fingerprint density at radius 2 is 1.35 bits per heavy atom. The molecule has 0 unspecified atom stereocenters. The summed E-state index contributed by atoms with van der Waals surface area (Å²) in [6, 6.07) is 25.5. The van der Waals surface area contributed by atoms with Crippen LogP contribution in [0.15, 0.2) is 84.9 Å². The molecule has 0 aliphatic carbocycles. The maximum atomic E-state index is 14.3. The van der Waals surface area contributed by atoms with E-state index in [4.69, 9.17) is 23.7 Å². The van der Waals surface area contributed by atoms with Crippen molar-refractivity contribution in [1.82, 2.24) is 0 Å². The lowest BCUT2D eigenvalue weighted by Gasteiger charge is -2.38. The van der Waals surface area contributed by atoms with E-state index in [1.807, 2.05) is 36.4 Å². The van der Waals surface area contributed by atoms with Gasteiger partial charge in [-0.15, -0.1) is 0 Å². The van der Waals surface area contributed by atoms with Crippen molar-refractivity contribution in [1.29, 1.82) is 0 Å². The van der Waals surface area contributed by atoms with Crippen LogP contribution in [0.25, 0.3) is 11.1 Å². The van der Waals surface area contributed by atoms with Crippen LogP contribution < -0.4 is 14.2 Å². The van der Waals surface area contributed by atoms with Gasteiger partial charge < -0.3 is 23.7 Å². The first-order chi connectivity index (χ1) is 24.2. The van der Waals surface area contributed by atoms with Crippen LogP contribution in [0.3, 0.4) is 0 Å². The third-order valence-corrected chi connectivity index (χ3v) is 10.3. The molecule has 0 aromatic heterocycles. The van der Waals surface area contributed by atoms with Crippen molar-refractivity contribution in [3.8, 4) is 34.1 Å². The highest BCUT2D eigenvalue weighted by Gasteiger charge is 2.48. The summed E-state index contributed by atoms with van der Waals surface area (Å²) >= 11 is 0. The minimum absolute atomic E-state index is 0.121. The first-order valence-corrected chi connectivity index (χ1v) is 17.8. The molecule has 0 saturated heterocycles. The Morgan fingerprint density at radius 1 is 0.750 bits per heavy atom. The fourth-order valence-corrected chi connectivity index (χ4v) is 5.63. The van der Waals surface area contributed by atoms with Crippen molar-refractivity contribution in [2.24, 2.45) is 5.41 Å². The van der Waals surface area contributed by atoms with Gasteiger partial charge in [-0.3, -0.25) is 4.79 Å². The highest BCUT2D eigenvalue weighted by atomic mass is 16.6. The van der Waals surface area contributed by atoms with Crippen molar-refractivity contribution in [3.05, 3.63) is 107 Å². The van der Waals surface area contributed by atoms with Gasteiger partial charge in [-0.2, -0.15) is 0 Å². The molecule has 0 spiro atoms. The van der Waals surface area contributed by atoms with Gasteiger partial charge in [0, 0.05) is 5.41 Å². The molecule has 0 radical (unpaired) electrons. The van der Waals surface area contributed by atoms with Gasteiger partial charge in [-0.25, -0.2) is 9.59 Å². The fraction of sp³-hybridized carbons (Fsp3) is 0.386. The lowest BCUT2D eigenvalue weighted by atomic mass is 9.76. The molecule has 274 valence electrons. The molecule has 4 aromatic carbocycles. The second-order valence-electron chi connectivity index (χ2n) is 15.8. The summed E-state index contributed by atoms with van der Waals surface area (Å²) in [6.45, 7) is 20.6. The van der Waals surface area contributed by atoms with E-state index in [0.717, 1.165) is 34.4 Å². The normalized spacial score (nSPS) is 15.6. The Hall–Kier alpha value is -5.11. The Balaban J connectivity index is 1.65. The van der Waals surface area contributed by atoms with Gasteiger partial charge in [-0.05, 0) is 133 Å². The molecular formula is C44H50O8. The standard InChI is InChI=1S/C44H50O8/c1-12-41(4,5)51-33-21-16-30(17-22-33)42(6,7)31-18-24-37-35(26-31)39(46)52-44(10,11)43(8,9)40(47)49-32-19-13-28(14-20-32)29-15-23-36(50-37)34(25-29)38(45)48-27(2)3/h13-27H,12H2,1-11H3. The summed E-state index contributed by atoms with van der Waals surface area (Å²) < 4.78 is 30.2. The van der Waals surface area contributed by atoms with Gasteiger partial charge in [0.1, 0.15) is 50.7 Å². The third-order valence-electron chi connectivity index (χ3n) is 10.3. The van der Waals surface area contributed by atoms with Crippen LogP contribution in [0.1, 0.15) is 114 Å². The summed E-state index contributed by atoms with van der Waals surface area (Å²) in [6.07, 6.45) is 0.483. The molecule has 0 amide bonds. The summed E-state index contributed by atoms with van der Waals surface area (Å²) in [5.41, 5.74) is 0.171. The molecule has 4 aromatic rings. The van der Waals surface area contributed by atoms with Crippen LogP contribution in [0.4, 0.5) is 0 Å². The van der Waals surface area contributed by atoms with Crippen molar-refractivity contribution in [2.75, 3.05) is 0 Å². The smallest absolute Gasteiger partial charge is 0.342 e. The number of rotatable bonds is 7. The zero-order chi connectivity index (χ0) is 38.2. The number of carbonyl (C=O) groups excluding carboxylic acids is 3. The van der Waals surface area contributed by atoms with E-state index >= 15 is 0 Å². The Kier molecular flexibility index (Phi) is 10.4. The minimum atomic E-state index is -1.33. The van der Waals surface area contributed by atoms with Crippen molar-refractivity contribution < 1.29 is 38.1 Å². The van der Waals surface area contributed by atoms with Crippen molar-refractivity contribution >= 4 is 17.9 Å². The molecule has 0 saturated carbocycles. The molecule has 7 rings (SSSR count). The molecule has 3 aliphatic rings. The van der Waals surface area contributed by atoms with Crippen LogP contribution in [-0.4, -0.2) is 35.2 Å². The van der Waals surface area contributed by atoms with E-state index in [2.05, 4.69) is 34.6 Å². The summed E-state index contributed by atoms with van der Waals surface area (Å²) in [4.78, 5) is 41.4. The minimum Gasteiger partial charge on any atom is -0.488 e. The molecule has 4 bridgehead atoms. The zero-order valence-corrected chi connectivity index (χ0v) is 32.1. The number of hydrogen-bond acceptors (Lipinski definition) is 8. The van der Waals surface area contributed by atoms with E-state index in [9.17, 15) is 14.4 Å². The Labute approximate surface area is 307 Å². The van der Waals surface area contributed by atoms with E-state index in [-0.39, 0.29) is 34.3 Å². The first kappa shape index (κ1) is 38.1. The Morgan fingerprint density at radius 3 is 1.96 bits per heavy atom. The average Bonchev–Trinajstić information content (AvgIpc) is 3.08. The van der Waals surface area contributed by atoms with Gasteiger partial charge in [-0.1, -0.05) is 57.2 Å². The Bertz CT molecular complexity index is 1960. The van der Waals surface area contributed by atoms with Crippen molar-refractivity contribution in [3.63, 3.8) is 0 Å². The summed E-state index contributed by atoms with van der Waals surface area (Å²) in [7, 11) is 0. The van der Waals surface area contributed by atoms with E-state index in [1.54, 1.807) is 90.1 Å². The number of fused-ring (bicyclic) bond motifs is 2. The number of benzene rings is 4. The highest BCUT2D eigenvalue weighted by Crippen LogP contribution is 2.41.